The van der Waals surface area contributed by atoms with Gasteiger partial charge in [-0.05, 0) is 19.1 Å². The second kappa shape index (κ2) is 6.72. The molecule has 0 saturated heterocycles. The van der Waals surface area contributed by atoms with E-state index in [1.54, 1.807) is 6.92 Å². The first-order valence-electron chi connectivity index (χ1n) is 6.23. The van der Waals surface area contributed by atoms with Crippen LogP contribution >= 0.6 is 0 Å². The molecule has 0 bridgehead atoms. The molecule has 1 aromatic rings. The van der Waals surface area contributed by atoms with Crippen LogP contribution in [0.4, 0.5) is 0 Å². The number of amides is 1. The van der Waals surface area contributed by atoms with Gasteiger partial charge in [-0.3, -0.25) is 9.59 Å². The Morgan fingerprint density at radius 3 is 2.38 bits per heavy atom. The van der Waals surface area contributed by atoms with Gasteiger partial charge in [-0.15, -0.1) is 0 Å². The van der Waals surface area contributed by atoms with Gasteiger partial charge in [0.25, 0.3) is 15.9 Å². The molecule has 1 N–H and O–H groups in total. The number of furan rings is 1. The standard InChI is InChI=1S/C12H18N2O6S/c1-4-14(8-7-10(15)16)12(17)9-5-6-11(20-9)21(18,19)13(2)3/h5-6H,4,7-8H2,1-3H3,(H,15,16). The van der Waals surface area contributed by atoms with Crippen LogP contribution in [-0.2, 0) is 14.8 Å². The van der Waals surface area contributed by atoms with Crippen LogP contribution in [-0.4, -0.2) is 61.8 Å². The van der Waals surface area contributed by atoms with Crippen LogP contribution in [0.15, 0.2) is 21.6 Å². The highest BCUT2D eigenvalue weighted by Gasteiger charge is 2.25. The minimum absolute atomic E-state index is 0.0289. The van der Waals surface area contributed by atoms with Crippen molar-refractivity contribution in [1.29, 1.82) is 0 Å². The van der Waals surface area contributed by atoms with E-state index in [1.807, 2.05) is 0 Å². The van der Waals surface area contributed by atoms with Crippen molar-refractivity contribution in [2.45, 2.75) is 18.4 Å². The largest absolute Gasteiger partial charge is 0.481 e. The Morgan fingerprint density at radius 1 is 1.29 bits per heavy atom. The lowest BCUT2D eigenvalue weighted by Crippen LogP contribution is -2.32. The molecule has 21 heavy (non-hydrogen) atoms. The zero-order valence-electron chi connectivity index (χ0n) is 12.1. The minimum Gasteiger partial charge on any atom is -0.481 e. The van der Waals surface area contributed by atoms with Crippen molar-refractivity contribution in [2.24, 2.45) is 0 Å². The molecule has 0 fully saturated rings. The third kappa shape index (κ3) is 4.05. The Morgan fingerprint density at radius 2 is 1.90 bits per heavy atom. The van der Waals surface area contributed by atoms with Gasteiger partial charge in [-0.2, -0.15) is 0 Å². The molecule has 0 radical (unpaired) electrons. The molecule has 118 valence electrons. The topological polar surface area (TPSA) is 108 Å². The predicted molar refractivity (Wildman–Crippen MR) is 73.4 cm³/mol. The Bertz CT molecular complexity index is 619. The summed E-state index contributed by atoms with van der Waals surface area (Å²) in [4.78, 5) is 23.9. The Labute approximate surface area is 123 Å². The molecule has 0 atom stereocenters. The third-order valence-corrected chi connectivity index (χ3v) is 4.48. The molecule has 1 amide bonds. The molecule has 0 aliphatic carbocycles. The molecule has 8 nitrogen and oxygen atoms in total. The molecule has 1 heterocycles. The van der Waals surface area contributed by atoms with Gasteiger partial charge >= 0.3 is 5.97 Å². The average molecular weight is 318 g/mol. The molecule has 0 spiro atoms. The Hall–Kier alpha value is -1.87. The van der Waals surface area contributed by atoms with Crippen LogP contribution in [0.2, 0.25) is 0 Å². The van der Waals surface area contributed by atoms with Crippen molar-refractivity contribution >= 4 is 21.9 Å². The van der Waals surface area contributed by atoms with E-state index < -0.39 is 21.9 Å². The molecular weight excluding hydrogens is 300 g/mol. The number of hydrogen-bond acceptors (Lipinski definition) is 5. The Kier molecular flexibility index (Phi) is 5.50. The van der Waals surface area contributed by atoms with Crippen molar-refractivity contribution in [2.75, 3.05) is 27.2 Å². The maximum Gasteiger partial charge on any atom is 0.305 e. The number of carboxylic acids is 1. The van der Waals surface area contributed by atoms with Gasteiger partial charge < -0.3 is 14.4 Å². The molecule has 0 unspecified atom stereocenters. The number of aliphatic carboxylic acids is 1. The first-order chi connectivity index (χ1) is 9.70. The fraction of sp³-hybridized carbons (Fsp3) is 0.500. The third-order valence-electron chi connectivity index (χ3n) is 2.79. The molecule has 0 aliphatic heterocycles. The highest BCUT2D eigenvalue weighted by Crippen LogP contribution is 2.18. The molecule has 1 rings (SSSR count). The monoisotopic (exact) mass is 318 g/mol. The van der Waals surface area contributed by atoms with Gasteiger partial charge in [0.05, 0.1) is 6.42 Å². The van der Waals surface area contributed by atoms with Crippen LogP contribution in [0.1, 0.15) is 23.9 Å². The molecule has 0 saturated carbocycles. The van der Waals surface area contributed by atoms with Gasteiger partial charge in [0, 0.05) is 27.2 Å². The summed E-state index contributed by atoms with van der Waals surface area (Å²) in [5, 5.41) is 8.31. The van der Waals surface area contributed by atoms with E-state index >= 15 is 0 Å². The van der Waals surface area contributed by atoms with Crippen LogP contribution in [0.5, 0.6) is 0 Å². The zero-order valence-corrected chi connectivity index (χ0v) is 12.9. The summed E-state index contributed by atoms with van der Waals surface area (Å²) in [5.41, 5.74) is 0. The number of rotatable bonds is 7. The zero-order chi connectivity index (χ0) is 16.2. The smallest absolute Gasteiger partial charge is 0.305 e. The summed E-state index contributed by atoms with van der Waals surface area (Å²) in [6, 6.07) is 2.47. The van der Waals surface area contributed by atoms with Crippen LogP contribution in [0, 0.1) is 0 Å². The van der Waals surface area contributed by atoms with Crippen LogP contribution in [0.25, 0.3) is 0 Å². The van der Waals surface area contributed by atoms with E-state index in [1.165, 1.54) is 31.1 Å². The highest BCUT2D eigenvalue weighted by atomic mass is 32.2. The van der Waals surface area contributed by atoms with E-state index in [9.17, 15) is 18.0 Å². The summed E-state index contributed by atoms with van der Waals surface area (Å²) >= 11 is 0. The van der Waals surface area contributed by atoms with Gasteiger partial charge in [0.15, 0.2) is 5.76 Å². The van der Waals surface area contributed by atoms with Gasteiger partial charge in [-0.25, -0.2) is 12.7 Å². The second-order valence-electron chi connectivity index (χ2n) is 4.43. The first kappa shape index (κ1) is 17.2. The van der Waals surface area contributed by atoms with Crippen molar-refractivity contribution in [3.8, 4) is 0 Å². The van der Waals surface area contributed by atoms with Gasteiger partial charge in [0.2, 0.25) is 5.09 Å². The van der Waals surface area contributed by atoms with Crippen LogP contribution in [0.3, 0.4) is 0 Å². The van der Waals surface area contributed by atoms with Gasteiger partial charge in [-0.1, -0.05) is 0 Å². The predicted octanol–water partition coefficient (Wildman–Crippen LogP) is 0.467. The first-order valence-corrected chi connectivity index (χ1v) is 7.67. The normalized spacial score (nSPS) is 11.6. The quantitative estimate of drug-likeness (QED) is 0.782. The summed E-state index contributed by atoms with van der Waals surface area (Å²) in [7, 11) is -1.04. The van der Waals surface area contributed by atoms with Crippen molar-refractivity contribution in [3.05, 3.63) is 17.9 Å². The second-order valence-corrected chi connectivity index (χ2v) is 6.52. The number of hydrogen-bond donors (Lipinski definition) is 1. The van der Waals surface area contributed by atoms with Crippen molar-refractivity contribution in [3.63, 3.8) is 0 Å². The summed E-state index contributed by atoms with van der Waals surface area (Å²) < 4.78 is 29.8. The van der Waals surface area contributed by atoms with Crippen molar-refractivity contribution in [1.82, 2.24) is 9.21 Å². The maximum atomic E-state index is 12.1. The molecule has 0 aliphatic rings. The average Bonchev–Trinajstić information content (AvgIpc) is 2.88. The number of carbonyl (C=O) groups excluding carboxylic acids is 1. The lowest BCUT2D eigenvalue weighted by atomic mass is 10.3. The number of carboxylic acid groups (broad SMARTS) is 1. The van der Waals surface area contributed by atoms with E-state index in [-0.39, 0.29) is 23.8 Å². The fourth-order valence-electron chi connectivity index (χ4n) is 1.54. The van der Waals surface area contributed by atoms with E-state index in [0.717, 1.165) is 4.31 Å². The number of carbonyl (C=O) groups is 2. The minimum atomic E-state index is -3.75. The lowest BCUT2D eigenvalue weighted by Gasteiger charge is -2.18. The molecular formula is C12H18N2O6S. The molecule has 1 aromatic heterocycles. The van der Waals surface area contributed by atoms with Gasteiger partial charge in [0.1, 0.15) is 0 Å². The van der Waals surface area contributed by atoms with E-state index in [2.05, 4.69) is 0 Å². The highest BCUT2D eigenvalue weighted by molar-refractivity contribution is 7.88. The van der Waals surface area contributed by atoms with Crippen LogP contribution < -0.4 is 0 Å². The maximum absolute atomic E-state index is 12.1. The fourth-order valence-corrected chi connectivity index (χ4v) is 2.34. The van der Waals surface area contributed by atoms with Crippen molar-refractivity contribution < 1.29 is 27.5 Å². The molecule has 0 aromatic carbocycles. The summed E-state index contributed by atoms with van der Waals surface area (Å²) in [6.45, 7) is 2.02. The van der Waals surface area contributed by atoms with E-state index in [0.29, 0.717) is 6.54 Å². The SMILES string of the molecule is CCN(CCC(=O)O)C(=O)c1ccc(S(=O)(=O)N(C)C)o1. The summed E-state index contributed by atoms with van der Waals surface area (Å²) in [6.07, 6.45) is -0.191. The molecule has 9 heteroatoms. The summed E-state index contributed by atoms with van der Waals surface area (Å²) in [5.74, 6) is -1.70. The number of nitrogens with zero attached hydrogens (tertiary/aromatic N) is 2. The van der Waals surface area contributed by atoms with E-state index in [4.69, 9.17) is 9.52 Å². The lowest BCUT2D eigenvalue weighted by molar-refractivity contribution is -0.137. The Balaban J connectivity index is 2.94. The number of sulfonamides is 1.